The molecule has 0 spiro atoms. The Balaban J connectivity index is 2.14. The molecule has 1 aliphatic heterocycles. The molecule has 0 unspecified atom stereocenters. The Morgan fingerprint density at radius 3 is 2.40 bits per heavy atom. The Kier molecular flexibility index (Phi) is 4.48. The smallest absolute Gasteiger partial charge is 0.307 e. The summed E-state index contributed by atoms with van der Waals surface area (Å²) >= 11 is 0. The van der Waals surface area contributed by atoms with E-state index in [9.17, 15) is 14.7 Å². The number of carboxylic acids is 1. The maximum Gasteiger partial charge on any atom is 0.307 e. The summed E-state index contributed by atoms with van der Waals surface area (Å²) < 4.78 is 0. The molecule has 5 nitrogen and oxygen atoms in total. The molecule has 2 aliphatic rings. The summed E-state index contributed by atoms with van der Waals surface area (Å²) in [6, 6.07) is 0. The van der Waals surface area contributed by atoms with Crippen LogP contribution in [0.2, 0.25) is 0 Å². The van der Waals surface area contributed by atoms with E-state index >= 15 is 0 Å². The lowest BCUT2D eigenvalue weighted by molar-refractivity contribution is -0.153. The molecule has 0 aromatic carbocycles. The standard InChI is InChI=1S/C15H24N2O3/c1-10-8-11(2)13(15(19)20)12(9-10)14(18)17-6-4-16(3)5-7-17/h8,11-13H,4-7,9H2,1-3H3,(H,19,20)/t11-,12+,13+/m0/s1. The van der Waals surface area contributed by atoms with Gasteiger partial charge < -0.3 is 14.9 Å². The first-order valence-corrected chi connectivity index (χ1v) is 7.27. The van der Waals surface area contributed by atoms with Gasteiger partial charge in [-0.15, -0.1) is 0 Å². The molecule has 0 aromatic rings. The molecular weight excluding hydrogens is 256 g/mol. The van der Waals surface area contributed by atoms with E-state index in [1.165, 1.54) is 0 Å². The third-order valence-corrected chi connectivity index (χ3v) is 4.51. The van der Waals surface area contributed by atoms with Gasteiger partial charge in [0.25, 0.3) is 0 Å². The van der Waals surface area contributed by atoms with Crippen molar-refractivity contribution in [2.45, 2.75) is 20.3 Å². The van der Waals surface area contributed by atoms with Crippen molar-refractivity contribution in [3.05, 3.63) is 11.6 Å². The highest BCUT2D eigenvalue weighted by Crippen LogP contribution is 2.35. The lowest BCUT2D eigenvalue weighted by Crippen LogP contribution is -2.51. The van der Waals surface area contributed by atoms with E-state index in [2.05, 4.69) is 4.90 Å². The summed E-state index contributed by atoms with van der Waals surface area (Å²) in [5.41, 5.74) is 1.13. The van der Waals surface area contributed by atoms with E-state index in [4.69, 9.17) is 0 Å². The van der Waals surface area contributed by atoms with Crippen molar-refractivity contribution in [1.29, 1.82) is 0 Å². The monoisotopic (exact) mass is 280 g/mol. The molecule has 0 bridgehead atoms. The quantitative estimate of drug-likeness (QED) is 0.769. The van der Waals surface area contributed by atoms with Gasteiger partial charge in [-0.05, 0) is 26.3 Å². The number of hydrogen-bond acceptors (Lipinski definition) is 3. The largest absolute Gasteiger partial charge is 0.481 e. The normalized spacial score (nSPS) is 31.9. The van der Waals surface area contributed by atoms with Gasteiger partial charge in [0.15, 0.2) is 0 Å². The van der Waals surface area contributed by atoms with Gasteiger partial charge in [0, 0.05) is 26.2 Å². The second-order valence-corrected chi connectivity index (χ2v) is 6.18. The van der Waals surface area contributed by atoms with Gasteiger partial charge in [0.1, 0.15) is 0 Å². The second-order valence-electron chi connectivity index (χ2n) is 6.18. The Morgan fingerprint density at radius 1 is 1.25 bits per heavy atom. The molecule has 3 atom stereocenters. The third-order valence-electron chi connectivity index (χ3n) is 4.51. The number of carboxylic acid groups (broad SMARTS) is 1. The Hall–Kier alpha value is -1.36. The Labute approximate surface area is 120 Å². The van der Waals surface area contributed by atoms with Crippen molar-refractivity contribution in [2.75, 3.05) is 33.2 Å². The molecule has 1 N–H and O–H groups in total. The zero-order valence-corrected chi connectivity index (χ0v) is 12.5. The van der Waals surface area contributed by atoms with Crippen molar-refractivity contribution in [1.82, 2.24) is 9.80 Å². The van der Waals surface area contributed by atoms with Crippen molar-refractivity contribution >= 4 is 11.9 Å². The number of hydrogen-bond donors (Lipinski definition) is 1. The number of nitrogens with zero attached hydrogens (tertiary/aromatic N) is 2. The van der Waals surface area contributed by atoms with Crippen LogP contribution in [-0.2, 0) is 9.59 Å². The van der Waals surface area contributed by atoms with Crippen LogP contribution in [0.5, 0.6) is 0 Å². The van der Waals surface area contributed by atoms with Gasteiger partial charge in [-0.3, -0.25) is 9.59 Å². The predicted octanol–water partition coefficient (Wildman–Crippen LogP) is 1.06. The topological polar surface area (TPSA) is 60.9 Å². The highest BCUT2D eigenvalue weighted by Gasteiger charge is 2.41. The molecule has 0 saturated carbocycles. The van der Waals surface area contributed by atoms with Crippen LogP contribution < -0.4 is 0 Å². The molecule has 2 rings (SSSR count). The average Bonchev–Trinajstić information content (AvgIpc) is 2.37. The van der Waals surface area contributed by atoms with E-state index in [-0.39, 0.29) is 11.8 Å². The molecule has 5 heteroatoms. The summed E-state index contributed by atoms with van der Waals surface area (Å²) in [6.45, 7) is 7.01. The molecule has 0 aromatic heterocycles. The minimum atomic E-state index is -0.853. The number of amides is 1. The Bertz CT molecular complexity index is 425. The number of carbonyl (C=O) groups is 2. The summed E-state index contributed by atoms with van der Waals surface area (Å²) in [4.78, 5) is 28.2. The third kappa shape index (κ3) is 3.03. The molecule has 1 saturated heterocycles. The van der Waals surface area contributed by atoms with E-state index in [1.54, 1.807) is 0 Å². The molecular formula is C15H24N2O3. The number of carbonyl (C=O) groups excluding carboxylic acids is 1. The lowest BCUT2D eigenvalue weighted by atomic mass is 9.73. The van der Waals surface area contributed by atoms with Gasteiger partial charge >= 0.3 is 5.97 Å². The fourth-order valence-electron chi connectivity index (χ4n) is 3.36. The van der Waals surface area contributed by atoms with Crippen LogP contribution in [0.4, 0.5) is 0 Å². The summed E-state index contributed by atoms with van der Waals surface area (Å²) in [7, 11) is 2.04. The van der Waals surface area contributed by atoms with Gasteiger partial charge in [-0.2, -0.15) is 0 Å². The van der Waals surface area contributed by atoms with Crippen molar-refractivity contribution < 1.29 is 14.7 Å². The SMILES string of the molecule is CC1=C[C@H](C)[C@@H](C(=O)O)[C@H](C(=O)N2CCN(C)CC2)C1. The highest BCUT2D eigenvalue weighted by atomic mass is 16.4. The zero-order chi connectivity index (χ0) is 14.9. The van der Waals surface area contributed by atoms with Crippen molar-refractivity contribution in [3.8, 4) is 0 Å². The molecule has 1 fully saturated rings. The number of piperazine rings is 1. The van der Waals surface area contributed by atoms with Crippen molar-refractivity contribution in [3.63, 3.8) is 0 Å². The highest BCUT2D eigenvalue weighted by molar-refractivity contribution is 5.85. The van der Waals surface area contributed by atoms with E-state index in [0.717, 1.165) is 18.7 Å². The average molecular weight is 280 g/mol. The first-order valence-electron chi connectivity index (χ1n) is 7.27. The lowest BCUT2D eigenvalue weighted by Gasteiger charge is -2.38. The van der Waals surface area contributed by atoms with Crippen LogP contribution >= 0.6 is 0 Å². The number of rotatable bonds is 2. The molecule has 1 amide bonds. The first-order chi connectivity index (χ1) is 9.40. The van der Waals surface area contributed by atoms with Gasteiger partial charge in [0.05, 0.1) is 11.8 Å². The number of aliphatic carboxylic acids is 1. The molecule has 1 aliphatic carbocycles. The predicted molar refractivity (Wildman–Crippen MR) is 76.2 cm³/mol. The van der Waals surface area contributed by atoms with Gasteiger partial charge in [-0.1, -0.05) is 18.6 Å². The maximum atomic E-state index is 12.7. The molecule has 112 valence electrons. The number of likely N-dealkylation sites (N-methyl/N-ethyl adjacent to an activating group) is 1. The van der Waals surface area contributed by atoms with E-state index in [0.29, 0.717) is 19.5 Å². The molecule has 20 heavy (non-hydrogen) atoms. The zero-order valence-electron chi connectivity index (χ0n) is 12.5. The summed E-state index contributed by atoms with van der Waals surface area (Å²) in [5.74, 6) is -1.91. The van der Waals surface area contributed by atoms with Crippen LogP contribution in [0.3, 0.4) is 0 Å². The van der Waals surface area contributed by atoms with Gasteiger partial charge in [0.2, 0.25) is 5.91 Å². The van der Waals surface area contributed by atoms with E-state index in [1.807, 2.05) is 31.9 Å². The van der Waals surface area contributed by atoms with Crippen LogP contribution in [0, 0.1) is 17.8 Å². The van der Waals surface area contributed by atoms with Crippen molar-refractivity contribution in [2.24, 2.45) is 17.8 Å². The summed E-state index contributed by atoms with van der Waals surface area (Å²) in [5, 5.41) is 9.45. The summed E-state index contributed by atoms with van der Waals surface area (Å²) in [6.07, 6.45) is 2.57. The fraction of sp³-hybridized carbons (Fsp3) is 0.733. The molecule has 1 heterocycles. The minimum Gasteiger partial charge on any atom is -0.481 e. The van der Waals surface area contributed by atoms with Crippen LogP contribution in [0.1, 0.15) is 20.3 Å². The molecule has 0 radical (unpaired) electrons. The fourth-order valence-corrected chi connectivity index (χ4v) is 3.36. The van der Waals surface area contributed by atoms with Crippen LogP contribution in [-0.4, -0.2) is 60.0 Å². The van der Waals surface area contributed by atoms with E-state index < -0.39 is 17.8 Å². The first kappa shape index (κ1) is 15.0. The van der Waals surface area contributed by atoms with Crippen LogP contribution in [0.15, 0.2) is 11.6 Å². The second kappa shape index (κ2) is 5.95. The maximum absolute atomic E-state index is 12.7. The minimum absolute atomic E-state index is 0.0183. The number of allylic oxidation sites excluding steroid dienone is 2. The van der Waals surface area contributed by atoms with Crippen LogP contribution in [0.25, 0.3) is 0 Å². The Morgan fingerprint density at radius 2 is 1.85 bits per heavy atom. The van der Waals surface area contributed by atoms with Gasteiger partial charge in [-0.25, -0.2) is 0 Å².